The predicted molar refractivity (Wildman–Crippen MR) is 134 cm³/mol. The summed E-state index contributed by atoms with van der Waals surface area (Å²) in [6.07, 6.45) is 8.49. The van der Waals surface area contributed by atoms with Crippen molar-refractivity contribution in [3.8, 4) is 0 Å². The monoisotopic (exact) mass is 443 g/mol. The lowest BCUT2D eigenvalue weighted by molar-refractivity contribution is 0.00476. The minimum absolute atomic E-state index is 0.388. The molecule has 1 aromatic heterocycles. The minimum Gasteiger partial charge on any atom is -0.361 e. The van der Waals surface area contributed by atoms with E-state index in [1.165, 1.54) is 61.7 Å². The zero-order chi connectivity index (χ0) is 22.0. The molecule has 2 fully saturated rings. The Hall–Kier alpha value is -1.03. The van der Waals surface area contributed by atoms with E-state index in [2.05, 4.69) is 67.2 Å². The first kappa shape index (κ1) is 23.1. The van der Waals surface area contributed by atoms with Gasteiger partial charge in [0.05, 0.1) is 0 Å². The van der Waals surface area contributed by atoms with Gasteiger partial charge in [-0.3, -0.25) is 0 Å². The van der Waals surface area contributed by atoms with Crippen LogP contribution < -0.4 is 5.32 Å². The second-order valence-electron chi connectivity index (χ2n) is 11.2. The minimum atomic E-state index is 0.388. The van der Waals surface area contributed by atoms with Gasteiger partial charge in [0.2, 0.25) is 0 Å². The molecule has 0 radical (unpaired) electrons. The molecular weight excluding hydrogens is 402 g/mol. The van der Waals surface area contributed by atoms with E-state index in [1.807, 2.05) is 6.20 Å². The van der Waals surface area contributed by atoms with Crippen LogP contribution >= 0.6 is 11.6 Å². The Morgan fingerprint density at radius 1 is 1.13 bits per heavy atom. The summed E-state index contributed by atoms with van der Waals surface area (Å²) in [4.78, 5) is 6.15. The van der Waals surface area contributed by atoms with Crippen LogP contribution in [0, 0.1) is 23.2 Å². The number of piperidine rings is 1. The summed E-state index contributed by atoms with van der Waals surface area (Å²) in [5, 5.41) is 5.62. The van der Waals surface area contributed by atoms with Crippen molar-refractivity contribution in [2.75, 3.05) is 19.6 Å². The molecule has 3 nitrogen and oxygen atoms in total. The first-order valence-corrected chi connectivity index (χ1v) is 12.9. The van der Waals surface area contributed by atoms with E-state index in [0.717, 1.165) is 24.9 Å². The summed E-state index contributed by atoms with van der Waals surface area (Å²) in [6, 6.07) is 9.26. The lowest BCUT2D eigenvalue weighted by atomic mass is 9.64. The molecular formula is C27H42ClN3. The van der Waals surface area contributed by atoms with Crippen molar-refractivity contribution in [1.82, 2.24) is 15.2 Å². The Bertz CT molecular complexity index is 834. The molecule has 0 amide bonds. The summed E-state index contributed by atoms with van der Waals surface area (Å²) in [5.74, 6) is 2.35. The van der Waals surface area contributed by atoms with Crippen molar-refractivity contribution < 1.29 is 0 Å². The standard InChI is InChI=1S/C27H42ClN3/c1-19(2)25(30-16-22-7-5-6-21-12-14-29-26(21)22)17-31-15-13-24(27(3,4)18-31)20-8-10-23(28)11-9-20/h5-7,12,14,19-20,23-25,29-30H,8-11,13,15-18H2,1-4H3/t20?,23?,24-,25+/m1/s1. The molecule has 2 heterocycles. The fourth-order valence-electron chi connectivity index (χ4n) is 6.32. The topological polar surface area (TPSA) is 31.1 Å². The Labute approximate surface area is 194 Å². The smallest absolute Gasteiger partial charge is 0.0499 e. The molecule has 1 saturated heterocycles. The van der Waals surface area contributed by atoms with Crippen LogP contribution in [0.25, 0.3) is 10.9 Å². The molecule has 2 N–H and O–H groups in total. The highest BCUT2D eigenvalue weighted by molar-refractivity contribution is 6.20. The van der Waals surface area contributed by atoms with Gasteiger partial charge in [-0.15, -0.1) is 11.6 Å². The van der Waals surface area contributed by atoms with Crippen LogP contribution in [-0.2, 0) is 6.54 Å². The second kappa shape index (κ2) is 9.85. The average molecular weight is 444 g/mol. The maximum Gasteiger partial charge on any atom is 0.0499 e. The third-order valence-electron chi connectivity index (χ3n) is 8.15. The molecule has 2 aliphatic rings. The third kappa shape index (κ3) is 5.49. The van der Waals surface area contributed by atoms with Gasteiger partial charge in [-0.2, -0.15) is 0 Å². The molecule has 1 aromatic carbocycles. The fraction of sp³-hybridized carbons (Fsp3) is 0.704. The zero-order valence-corrected chi connectivity index (χ0v) is 20.7. The molecule has 0 unspecified atom stereocenters. The SMILES string of the molecule is CC(C)[C@H](CN1CC[C@H](C2CCC(Cl)CC2)C(C)(C)C1)NCc1cccc2cc[nH]c12. The van der Waals surface area contributed by atoms with Crippen molar-refractivity contribution in [1.29, 1.82) is 0 Å². The van der Waals surface area contributed by atoms with E-state index < -0.39 is 0 Å². The maximum absolute atomic E-state index is 6.38. The number of benzene rings is 1. The van der Waals surface area contributed by atoms with Gasteiger partial charge in [-0.05, 0) is 78.8 Å². The van der Waals surface area contributed by atoms with Gasteiger partial charge < -0.3 is 15.2 Å². The van der Waals surface area contributed by atoms with Crippen molar-refractivity contribution in [2.24, 2.45) is 23.2 Å². The number of para-hydroxylation sites is 1. The predicted octanol–water partition coefficient (Wildman–Crippen LogP) is 6.43. The van der Waals surface area contributed by atoms with Gasteiger partial charge in [-0.1, -0.05) is 45.9 Å². The maximum atomic E-state index is 6.38. The Balaban J connectivity index is 1.35. The summed E-state index contributed by atoms with van der Waals surface area (Å²) < 4.78 is 0. The highest BCUT2D eigenvalue weighted by Gasteiger charge is 2.41. The molecule has 31 heavy (non-hydrogen) atoms. The molecule has 172 valence electrons. The Kier molecular flexibility index (Phi) is 7.35. The number of nitrogens with zero attached hydrogens (tertiary/aromatic N) is 1. The number of hydrogen-bond donors (Lipinski definition) is 2. The molecule has 1 aliphatic carbocycles. The average Bonchev–Trinajstić information content (AvgIpc) is 3.21. The number of alkyl halides is 1. The normalized spacial score (nSPS) is 28.3. The van der Waals surface area contributed by atoms with E-state index in [1.54, 1.807) is 0 Å². The van der Waals surface area contributed by atoms with Gasteiger partial charge in [0.1, 0.15) is 0 Å². The second-order valence-corrected chi connectivity index (χ2v) is 11.8. The number of aromatic nitrogens is 1. The molecule has 0 bridgehead atoms. The first-order chi connectivity index (χ1) is 14.8. The van der Waals surface area contributed by atoms with Crippen LogP contribution in [0.1, 0.15) is 65.4 Å². The molecule has 2 aromatic rings. The Morgan fingerprint density at radius 2 is 1.90 bits per heavy atom. The number of H-pyrrole nitrogens is 1. The summed E-state index contributed by atoms with van der Waals surface area (Å²) >= 11 is 6.38. The highest BCUT2D eigenvalue weighted by Crippen LogP contribution is 2.45. The van der Waals surface area contributed by atoms with Crippen LogP contribution in [0.3, 0.4) is 0 Å². The van der Waals surface area contributed by atoms with Crippen LogP contribution in [0.4, 0.5) is 0 Å². The quantitative estimate of drug-likeness (QED) is 0.483. The van der Waals surface area contributed by atoms with Crippen molar-refractivity contribution in [3.05, 3.63) is 36.0 Å². The van der Waals surface area contributed by atoms with Crippen molar-refractivity contribution >= 4 is 22.5 Å². The number of halogens is 1. The molecule has 1 saturated carbocycles. The van der Waals surface area contributed by atoms with Crippen LogP contribution in [0.5, 0.6) is 0 Å². The molecule has 4 heteroatoms. The highest BCUT2D eigenvalue weighted by atomic mass is 35.5. The van der Waals surface area contributed by atoms with Gasteiger partial charge in [-0.25, -0.2) is 0 Å². The van der Waals surface area contributed by atoms with Crippen LogP contribution in [-0.4, -0.2) is 40.9 Å². The largest absolute Gasteiger partial charge is 0.361 e. The number of hydrogen-bond acceptors (Lipinski definition) is 2. The number of rotatable bonds is 7. The van der Waals surface area contributed by atoms with Gasteiger partial charge >= 0.3 is 0 Å². The fourth-order valence-corrected chi connectivity index (χ4v) is 6.57. The lowest BCUT2D eigenvalue weighted by Gasteiger charge is -2.49. The van der Waals surface area contributed by atoms with Crippen molar-refractivity contribution in [2.45, 2.75) is 77.8 Å². The van der Waals surface area contributed by atoms with E-state index in [0.29, 0.717) is 22.8 Å². The molecule has 4 rings (SSSR count). The van der Waals surface area contributed by atoms with Crippen LogP contribution in [0.15, 0.2) is 30.5 Å². The zero-order valence-electron chi connectivity index (χ0n) is 20.0. The molecule has 1 aliphatic heterocycles. The summed E-state index contributed by atoms with van der Waals surface area (Å²) in [6.45, 7) is 14.3. The van der Waals surface area contributed by atoms with Gasteiger partial charge in [0.25, 0.3) is 0 Å². The van der Waals surface area contributed by atoms with E-state index in [-0.39, 0.29) is 0 Å². The number of fused-ring (bicyclic) bond motifs is 1. The summed E-state index contributed by atoms with van der Waals surface area (Å²) in [5.41, 5.74) is 3.02. The number of likely N-dealkylation sites (tertiary alicyclic amines) is 1. The third-order valence-corrected chi connectivity index (χ3v) is 8.59. The van der Waals surface area contributed by atoms with E-state index >= 15 is 0 Å². The Morgan fingerprint density at radius 3 is 2.61 bits per heavy atom. The van der Waals surface area contributed by atoms with E-state index in [4.69, 9.17) is 11.6 Å². The molecule has 0 spiro atoms. The number of aromatic amines is 1. The summed E-state index contributed by atoms with van der Waals surface area (Å²) in [7, 11) is 0. The van der Waals surface area contributed by atoms with Crippen molar-refractivity contribution in [3.63, 3.8) is 0 Å². The lowest BCUT2D eigenvalue weighted by Crippen LogP contribution is -2.53. The van der Waals surface area contributed by atoms with Crippen LogP contribution in [0.2, 0.25) is 0 Å². The van der Waals surface area contributed by atoms with E-state index in [9.17, 15) is 0 Å². The number of nitrogens with one attached hydrogen (secondary N) is 2. The molecule has 2 atom stereocenters. The van der Waals surface area contributed by atoms with Gasteiger partial charge in [0, 0.05) is 42.8 Å². The first-order valence-electron chi connectivity index (χ1n) is 12.5. The van der Waals surface area contributed by atoms with Gasteiger partial charge in [0.15, 0.2) is 0 Å².